The summed E-state index contributed by atoms with van der Waals surface area (Å²) in [5.74, 6) is -0.0474. The van der Waals surface area contributed by atoms with E-state index >= 15 is 0 Å². The summed E-state index contributed by atoms with van der Waals surface area (Å²) in [5.41, 5.74) is 6.85. The molecule has 0 spiro atoms. The number of carbonyl (C=O) groups is 1. The lowest BCUT2D eigenvalue weighted by atomic mass is 10.3. The zero-order chi connectivity index (χ0) is 15.2. The smallest absolute Gasteiger partial charge is 0.263 e. The maximum Gasteiger partial charge on any atom is 0.263 e. The zero-order valence-corrected chi connectivity index (χ0v) is 14.3. The van der Waals surface area contributed by atoms with Crippen molar-refractivity contribution >= 4 is 39.7 Å². The van der Waals surface area contributed by atoms with E-state index in [1.807, 2.05) is 13.2 Å². The van der Waals surface area contributed by atoms with E-state index in [9.17, 15) is 4.79 Å². The van der Waals surface area contributed by atoms with E-state index in [0.29, 0.717) is 17.1 Å². The van der Waals surface area contributed by atoms with Gasteiger partial charge in [0.2, 0.25) is 0 Å². The van der Waals surface area contributed by atoms with Crippen molar-refractivity contribution in [1.29, 1.82) is 0 Å². The van der Waals surface area contributed by atoms with Crippen LogP contribution >= 0.6 is 23.1 Å². The van der Waals surface area contributed by atoms with Crippen LogP contribution in [0.5, 0.6) is 0 Å². The molecule has 0 aromatic carbocycles. The van der Waals surface area contributed by atoms with Crippen molar-refractivity contribution in [2.75, 3.05) is 49.6 Å². The average molecular weight is 329 g/mol. The largest absolute Gasteiger partial charge is 0.396 e. The lowest BCUT2D eigenvalue weighted by molar-refractivity contribution is 0.0958. The molecule has 2 rings (SSSR count). The van der Waals surface area contributed by atoms with Crippen molar-refractivity contribution < 1.29 is 4.79 Å². The summed E-state index contributed by atoms with van der Waals surface area (Å²) in [6, 6.07) is 0. The first-order chi connectivity index (χ1) is 10.2. The van der Waals surface area contributed by atoms with Crippen LogP contribution in [0.15, 0.2) is 4.90 Å². The molecule has 2 heterocycles. The number of carbonyl (C=O) groups excluding carboxylic acids is 1. The highest BCUT2D eigenvalue weighted by atomic mass is 32.2. The number of nitrogens with one attached hydrogen (secondary N) is 2. The molecule has 7 heteroatoms. The summed E-state index contributed by atoms with van der Waals surface area (Å²) in [4.78, 5) is 16.3. The van der Waals surface area contributed by atoms with Gasteiger partial charge in [0.25, 0.3) is 5.91 Å². The first-order valence-corrected chi connectivity index (χ1v) is 9.43. The van der Waals surface area contributed by atoms with Gasteiger partial charge in [-0.15, -0.1) is 23.1 Å². The first-order valence-electron chi connectivity index (χ1n) is 7.39. The fourth-order valence-corrected chi connectivity index (χ4v) is 4.51. The SMILES string of the molecule is CCCNC(=O)c1sc(N2CCCNCC2)c(SC)c1N. The second-order valence-corrected chi connectivity index (χ2v) is 6.85. The Balaban J connectivity index is 2.26. The third kappa shape index (κ3) is 3.84. The predicted octanol–water partition coefficient (Wildman–Crippen LogP) is 1.99. The molecular weight excluding hydrogens is 304 g/mol. The van der Waals surface area contributed by atoms with Gasteiger partial charge in [0, 0.05) is 26.2 Å². The highest BCUT2D eigenvalue weighted by Crippen LogP contribution is 2.43. The number of hydrogen-bond acceptors (Lipinski definition) is 6. The van der Waals surface area contributed by atoms with Crippen molar-refractivity contribution in [3.8, 4) is 0 Å². The van der Waals surface area contributed by atoms with Gasteiger partial charge in [0.1, 0.15) is 9.88 Å². The number of anilines is 2. The molecule has 0 atom stereocenters. The van der Waals surface area contributed by atoms with Crippen molar-refractivity contribution in [3.05, 3.63) is 4.88 Å². The topological polar surface area (TPSA) is 70.4 Å². The molecule has 0 bridgehead atoms. The van der Waals surface area contributed by atoms with Gasteiger partial charge in [-0.25, -0.2) is 0 Å². The molecule has 1 aromatic rings. The molecule has 21 heavy (non-hydrogen) atoms. The molecule has 118 valence electrons. The molecular formula is C14H24N4OS2. The lowest BCUT2D eigenvalue weighted by Crippen LogP contribution is -2.27. The molecule has 4 N–H and O–H groups in total. The number of rotatable bonds is 5. The normalized spacial score (nSPS) is 15.8. The molecule has 1 fully saturated rings. The Morgan fingerprint density at radius 2 is 2.29 bits per heavy atom. The van der Waals surface area contributed by atoms with E-state index in [0.717, 1.165) is 48.9 Å². The molecule has 5 nitrogen and oxygen atoms in total. The zero-order valence-electron chi connectivity index (χ0n) is 12.7. The number of nitrogens with two attached hydrogens (primary N) is 1. The second-order valence-electron chi connectivity index (χ2n) is 5.03. The molecule has 1 aromatic heterocycles. The highest BCUT2D eigenvalue weighted by Gasteiger charge is 2.24. The maximum absolute atomic E-state index is 12.2. The molecule has 0 unspecified atom stereocenters. The fourth-order valence-electron chi connectivity index (χ4n) is 2.36. The molecule has 1 aliphatic heterocycles. The van der Waals surface area contributed by atoms with Crippen LogP contribution in [-0.2, 0) is 0 Å². The predicted molar refractivity (Wildman–Crippen MR) is 92.8 cm³/mol. The van der Waals surface area contributed by atoms with Gasteiger partial charge in [-0.1, -0.05) is 6.92 Å². The molecule has 0 aliphatic carbocycles. The Kier molecular flexibility index (Phi) is 6.20. The third-order valence-electron chi connectivity index (χ3n) is 3.46. The number of amides is 1. The second kappa shape index (κ2) is 7.91. The van der Waals surface area contributed by atoms with Crippen LogP contribution in [0.1, 0.15) is 29.4 Å². The van der Waals surface area contributed by atoms with Crippen LogP contribution in [-0.4, -0.2) is 44.9 Å². The van der Waals surface area contributed by atoms with Crippen LogP contribution in [0.4, 0.5) is 10.7 Å². The van der Waals surface area contributed by atoms with Gasteiger partial charge < -0.3 is 21.3 Å². The van der Waals surface area contributed by atoms with Crippen LogP contribution < -0.4 is 21.3 Å². The molecule has 1 saturated heterocycles. The van der Waals surface area contributed by atoms with Gasteiger partial charge in [-0.2, -0.15) is 0 Å². The lowest BCUT2D eigenvalue weighted by Gasteiger charge is -2.21. The van der Waals surface area contributed by atoms with Crippen molar-refractivity contribution in [3.63, 3.8) is 0 Å². The third-order valence-corrected chi connectivity index (χ3v) is 5.67. The Bertz CT molecular complexity index is 482. The summed E-state index contributed by atoms with van der Waals surface area (Å²) >= 11 is 3.15. The van der Waals surface area contributed by atoms with E-state index in [1.54, 1.807) is 11.8 Å². The maximum atomic E-state index is 12.2. The summed E-state index contributed by atoms with van der Waals surface area (Å²) in [6.45, 7) is 6.73. The number of thioether (sulfide) groups is 1. The van der Waals surface area contributed by atoms with Gasteiger partial charge in [-0.05, 0) is 25.6 Å². The van der Waals surface area contributed by atoms with Crippen LogP contribution in [0.3, 0.4) is 0 Å². The van der Waals surface area contributed by atoms with E-state index in [1.165, 1.54) is 11.3 Å². The molecule has 0 saturated carbocycles. The number of nitrogens with zero attached hydrogens (tertiary/aromatic N) is 1. The van der Waals surface area contributed by atoms with Crippen molar-refractivity contribution in [2.24, 2.45) is 0 Å². The summed E-state index contributed by atoms with van der Waals surface area (Å²) in [5, 5.41) is 7.47. The Morgan fingerprint density at radius 1 is 1.48 bits per heavy atom. The minimum atomic E-state index is -0.0474. The van der Waals surface area contributed by atoms with Gasteiger partial charge in [0.15, 0.2) is 0 Å². The summed E-state index contributed by atoms with van der Waals surface area (Å²) in [6.07, 6.45) is 4.06. The van der Waals surface area contributed by atoms with Crippen molar-refractivity contribution in [2.45, 2.75) is 24.7 Å². The average Bonchev–Trinajstić information content (AvgIpc) is 2.68. The van der Waals surface area contributed by atoms with E-state index in [4.69, 9.17) is 5.73 Å². The number of hydrogen-bond donors (Lipinski definition) is 3. The van der Waals surface area contributed by atoms with Gasteiger partial charge in [0.05, 0.1) is 10.6 Å². The quantitative estimate of drug-likeness (QED) is 0.721. The van der Waals surface area contributed by atoms with E-state index < -0.39 is 0 Å². The standard InChI is InChI=1S/C14H24N4OS2/c1-3-5-17-13(19)11-10(15)12(20-2)14(21-11)18-8-4-6-16-7-9-18/h16H,3-9,15H2,1-2H3,(H,17,19). The Morgan fingerprint density at radius 3 is 3.00 bits per heavy atom. The summed E-state index contributed by atoms with van der Waals surface area (Å²) in [7, 11) is 0. The van der Waals surface area contributed by atoms with Crippen molar-refractivity contribution in [1.82, 2.24) is 10.6 Å². The molecule has 1 amide bonds. The summed E-state index contributed by atoms with van der Waals surface area (Å²) < 4.78 is 0. The minimum Gasteiger partial charge on any atom is -0.396 e. The monoisotopic (exact) mass is 328 g/mol. The van der Waals surface area contributed by atoms with Gasteiger partial charge >= 0.3 is 0 Å². The van der Waals surface area contributed by atoms with Crippen LogP contribution in [0.2, 0.25) is 0 Å². The number of thiophene rings is 1. The van der Waals surface area contributed by atoms with Crippen LogP contribution in [0, 0.1) is 0 Å². The fraction of sp³-hybridized carbons (Fsp3) is 0.643. The highest BCUT2D eigenvalue weighted by molar-refractivity contribution is 7.99. The Labute approximate surface area is 134 Å². The first kappa shape index (κ1) is 16.5. The number of nitrogen functional groups attached to an aromatic ring is 1. The van der Waals surface area contributed by atoms with Gasteiger partial charge in [-0.3, -0.25) is 4.79 Å². The van der Waals surface area contributed by atoms with E-state index in [2.05, 4.69) is 15.5 Å². The molecule has 0 radical (unpaired) electrons. The molecule has 1 aliphatic rings. The van der Waals surface area contributed by atoms with E-state index in [-0.39, 0.29) is 5.91 Å². The Hall–Kier alpha value is -0.920. The van der Waals surface area contributed by atoms with Crippen LogP contribution in [0.25, 0.3) is 0 Å². The minimum absolute atomic E-state index is 0.0474.